The zero-order valence-electron chi connectivity index (χ0n) is 10.8. The molecule has 0 amide bonds. The number of hydrogen-bond donors (Lipinski definition) is 2. The van der Waals surface area contributed by atoms with Gasteiger partial charge in [0.05, 0.1) is 15.5 Å². The maximum Gasteiger partial charge on any atom is 0.417 e. The molecule has 0 heterocycles. The Labute approximate surface area is 125 Å². The number of nitrogens with one attached hydrogen (secondary N) is 1. The van der Waals surface area contributed by atoms with Crippen LogP contribution >= 0.6 is 11.6 Å². The Kier molecular flexibility index (Phi) is 4.53. The minimum atomic E-state index is -4.72. The highest BCUT2D eigenvalue weighted by atomic mass is 35.5. The topological polar surface area (TPSA) is 72.2 Å². The van der Waals surface area contributed by atoms with E-state index in [-0.39, 0.29) is 18.5 Å². The van der Waals surface area contributed by atoms with Gasteiger partial charge in [-0.25, -0.2) is 13.1 Å². The van der Waals surface area contributed by atoms with Crippen molar-refractivity contribution in [3.8, 4) is 0 Å². The van der Waals surface area contributed by atoms with E-state index in [1.807, 2.05) is 0 Å². The van der Waals surface area contributed by atoms with Gasteiger partial charge in [-0.15, -0.1) is 0 Å². The van der Waals surface area contributed by atoms with Crippen LogP contribution in [0.1, 0.15) is 18.4 Å². The summed E-state index contributed by atoms with van der Waals surface area (Å²) in [6.45, 7) is -0.00300. The van der Waals surface area contributed by atoms with E-state index in [4.69, 9.17) is 17.3 Å². The quantitative estimate of drug-likeness (QED) is 0.863. The van der Waals surface area contributed by atoms with Crippen LogP contribution < -0.4 is 10.5 Å². The summed E-state index contributed by atoms with van der Waals surface area (Å²) in [5, 5.41) is -0.545. The Morgan fingerprint density at radius 3 is 2.52 bits per heavy atom. The molecule has 0 bridgehead atoms. The minimum absolute atomic E-state index is 0.00300. The molecule has 0 saturated heterocycles. The minimum Gasteiger partial charge on any atom is -0.326 e. The van der Waals surface area contributed by atoms with Crippen LogP contribution in [0.5, 0.6) is 0 Å². The Balaban J connectivity index is 2.19. The van der Waals surface area contributed by atoms with E-state index in [2.05, 4.69) is 4.72 Å². The second kappa shape index (κ2) is 5.75. The predicted octanol–water partition coefficient (Wildman–Crippen LogP) is 2.37. The van der Waals surface area contributed by atoms with E-state index < -0.39 is 31.7 Å². The molecule has 1 fully saturated rings. The zero-order valence-corrected chi connectivity index (χ0v) is 12.4. The molecule has 9 heteroatoms. The van der Waals surface area contributed by atoms with Crippen molar-refractivity contribution in [2.24, 2.45) is 11.7 Å². The Bertz CT molecular complexity index is 630. The monoisotopic (exact) mass is 342 g/mol. The number of rotatable bonds is 5. The molecule has 1 saturated carbocycles. The van der Waals surface area contributed by atoms with E-state index in [0.29, 0.717) is 6.07 Å². The third-order valence-corrected chi connectivity index (χ3v) is 5.04. The molecule has 0 spiro atoms. The first-order valence-electron chi connectivity index (χ1n) is 6.23. The lowest BCUT2D eigenvalue weighted by molar-refractivity contribution is -0.137. The molecule has 0 aromatic heterocycles. The molecule has 3 N–H and O–H groups in total. The summed E-state index contributed by atoms with van der Waals surface area (Å²) in [7, 11) is -4.05. The van der Waals surface area contributed by atoms with Crippen LogP contribution in [0.15, 0.2) is 23.1 Å². The summed E-state index contributed by atoms with van der Waals surface area (Å²) in [6.07, 6.45) is -2.82. The molecule has 1 aliphatic rings. The number of benzene rings is 1. The lowest BCUT2D eigenvalue weighted by Gasteiger charge is -2.14. The van der Waals surface area contributed by atoms with Gasteiger partial charge in [0, 0.05) is 12.6 Å². The largest absolute Gasteiger partial charge is 0.417 e. The van der Waals surface area contributed by atoms with Gasteiger partial charge in [-0.3, -0.25) is 0 Å². The molecule has 1 atom stereocenters. The third-order valence-electron chi connectivity index (χ3n) is 3.29. The maximum atomic E-state index is 12.7. The third kappa shape index (κ3) is 4.09. The average Bonchev–Trinajstić information content (AvgIpc) is 3.19. The molecule has 0 aliphatic heterocycles. The first-order valence-corrected chi connectivity index (χ1v) is 8.09. The van der Waals surface area contributed by atoms with Gasteiger partial charge in [0.25, 0.3) is 0 Å². The number of nitrogens with two attached hydrogens (primary N) is 1. The van der Waals surface area contributed by atoms with Gasteiger partial charge >= 0.3 is 6.18 Å². The molecule has 0 radical (unpaired) electrons. The van der Waals surface area contributed by atoms with Crippen molar-refractivity contribution in [1.29, 1.82) is 0 Å². The van der Waals surface area contributed by atoms with Gasteiger partial charge < -0.3 is 5.73 Å². The standard InChI is InChI=1S/C12H14ClF3N2O2S/c13-10-4-3-8(5-9(10)12(14,15)16)21(19,20)18-6-11(17)7-1-2-7/h3-5,7,11,18H,1-2,6,17H2. The molecule has 1 aromatic carbocycles. The van der Waals surface area contributed by atoms with Crippen LogP contribution in [0.25, 0.3) is 0 Å². The molecule has 1 aromatic rings. The summed E-state index contributed by atoms with van der Waals surface area (Å²) >= 11 is 5.45. The smallest absolute Gasteiger partial charge is 0.326 e. The fourth-order valence-corrected chi connectivity index (χ4v) is 3.19. The summed E-state index contributed by atoms with van der Waals surface area (Å²) in [5.41, 5.74) is 4.58. The van der Waals surface area contributed by atoms with Crippen molar-refractivity contribution < 1.29 is 21.6 Å². The molecular formula is C12H14ClF3N2O2S. The summed E-state index contributed by atoms with van der Waals surface area (Å²) < 4.78 is 64.4. The Morgan fingerprint density at radius 1 is 1.38 bits per heavy atom. The van der Waals surface area contributed by atoms with Crippen molar-refractivity contribution in [1.82, 2.24) is 4.72 Å². The number of sulfonamides is 1. The molecule has 1 unspecified atom stereocenters. The fourth-order valence-electron chi connectivity index (χ4n) is 1.87. The SMILES string of the molecule is NC(CNS(=O)(=O)c1ccc(Cl)c(C(F)(F)F)c1)C1CC1. The first-order chi connectivity index (χ1) is 9.61. The van der Waals surface area contributed by atoms with E-state index in [1.165, 1.54) is 0 Å². The second-order valence-electron chi connectivity index (χ2n) is 4.99. The van der Waals surface area contributed by atoms with Gasteiger partial charge in [-0.2, -0.15) is 13.2 Å². The van der Waals surface area contributed by atoms with E-state index in [1.54, 1.807) is 0 Å². The molecule has 21 heavy (non-hydrogen) atoms. The predicted molar refractivity (Wildman–Crippen MR) is 72.3 cm³/mol. The summed E-state index contributed by atoms with van der Waals surface area (Å²) in [5.74, 6) is 0.281. The highest BCUT2D eigenvalue weighted by molar-refractivity contribution is 7.89. The summed E-state index contributed by atoms with van der Waals surface area (Å²) in [6, 6.07) is 2.14. The number of hydrogen-bond acceptors (Lipinski definition) is 3. The van der Waals surface area contributed by atoms with E-state index in [9.17, 15) is 21.6 Å². The van der Waals surface area contributed by atoms with Crippen LogP contribution in [0.2, 0.25) is 5.02 Å². The van der Waals surface area contributed by atoms with Crippen molar-refractivity contribution in [2.75, 3.05) is 6.54 Å². The van der Waals surface area contributed by atoms with Crippen molar-refractivity contribution in [2.45, 2.75) is 30.0 Å². The van der Waals surface area contributed by atoms with Crippen LogP contribution in [0.4, 0.5) is 13.2 Å². The maximum absolute atomic E-state index is 12.7. The fraction of sp³-hybridized carbons (Fsp3) is 0.500. The van der Waals surface area contributed by atoms with E-state index >= 15 is 0 Å². The number of halogens is 4. The van der Waals surface area contributed by atoms with Gasteiger partial charge in [-0.1, -0.05) is 11.6 Å². The van der Waals surface area contributed by atoms with Crippen molar-refractivity contribution >= 4 is 21.6 Å². The van der Waals surface area contributed by atoms with Gasteiger partial charge in [0.15, 0.2) is 0 Å². The molecule has 4 nitrogen and oxygen atoms in total. The second-order valence-corrected chi connectivity index (χ2v) is 7.17. The van der Waals surface area contributed by atoms with Gasteiger partial charge in [-0.05, 0) is 37.0 Å². The highest BCUT2D eigenvalue weighted by Crippen LogP contribution is 2.36. The summed E-state index contributed by atoms with van der Waals surface area (Å²) in [4.78, 5) is -0.484. The van der Waals surface area contributed by atoms with Gasteiger partial charge in [0.2, 0.25) is 10.0 Å². The van der Waals surface area contributed by atoms with Crippen molar-refractivity contribution in [3.05, 3.63) is 28.8 Å². The van der Waals surface area contributed by atoms with Gasteiger partial charge in [0.1, 0.15) is 0 Å². The lowest BCUT2D eigenvalue weighted by atomic mass is 10.2. The van der Waals surface area contributed by atoms with Crippen LogP contribution in [-0.2, 0) is 16.2 Å². The van der Waals surface area contributed by atoms with E-state index in [0.717, 1.165) is 25.0 Å². The molecule has 1 aliphatic carbocycles. The van der Waals surface area contributed by atoms with Crippen LogP contribution in [0, 0.1) is 5.92 Å². The Morgan fingerprint density at radius 2 is 2.00 bits per heavy atom. The molecule has 2 rings (SSSR count). The average molecular weight is 343 g/mol. The van der Waals surface area contributed by atoms with Crippen molar-refractivity contribution in [3.63, 3.8) is 0 Å². The van der Waals surface area contributed by atoms with Crippen LogP contribution in [-0.4, -0.2) is 21.0 Å². The van der Waals surface area contributed by atoms with Crippen LogP contribution in [0.3, 0.4) is 0 Å². The molecule has 118 valence electrons. The normalized spacial score (nSPS) is 17.8. The zero-order chi connectivity index (χ0) is 15.8. The Hall–Kier alpha value is -0.830. The highest BCUT2D eigenvalue weighted by Gasteiger charge is 2.35. The lowest BCUT2D eigenvalue weighted by Crippen LogP contribution is -2.38. The molecular weight excluding hydrogens is 329 g/mol. The first kappa shape index (κ1) is 16.5. The number of alkyl halides is 3.